The Balaban J connectivity index is 1.54. The van der Waals surface area contributed by atoms with Crippen LogP contribution in [0.2, 0.25) is 0 Å². The van der Waals surface area contributed by atoms with Crippen molar-refractivity contribution in [3.8, 4) is 0 Å². The minimum absolute atomic E-state index is 0.773. The minimum Gasteiger partial charge on any atom is -0.369 e. The second-order valence-corrected chi connectivity index (χ2v) is 9.84. The van der Waals surface area contributed by atoms with Gasteiger partial charge in [0.1, 0.15) is 0 Å². The first-order chi connectivity index (χ1) is 13.0. The Morgan fingerprint density at radius 1 is 0.963 bits per heavy atom. The summed E-state index contributed by atoms with van der Waals surface area (Å²) in [5.74, 6) is 4.22. The van der Waals surface area contributed by atoms with Gasteiger partial charge >= 0.3 is 0 Å². The van der Waals surface area contributed by atoms with Crippen molar-refractivity contribution < 1.29 is 4.21 Å². The predicted molar refractivity (Wildman–Crippen MR) is 118 cm³/mol. The highest BCUT2D eigenvalue weighted by Crippen LogP contribution is 2.34. The summed E-state index contributed by atoms with van der Waals surface area (Å²) in [6.07, 6.45) is 4.13. The quantitative estimate of drug-likeness (QED) is 0.750. The lowest BCUT2D eigenvalue weighted by Gasteiger charge is -2.38. The third-order valence-electron chi connectivity index (χ3n) is 5.80. The van der Waals surface area contributed by atoms with E-state index in [1.807, 2.05) is 0 Å². The largest absolute Gasteiger partial charge is 0.369 e. The summed E-state index contributed by atoms with van der Waals surface area (Å²) in [6, 6.07) is 15.0. The molecule has 27 heavy (non-hydrogen) atoms. The summed E-state index contributed by atoms with van der Waals surface area (Å²) in [5, 5.41) is 0. The maximum absolute atomic E-state index is 13.8. The molecule has 0 N–H and O–H groups in total. The first-order valence-corrected chi connectivity index (χ1v) is 11.4. The molecule has 1 unspecified atom stereocenters. The Bertz CT molecular complexity index is 966. The highest BCUT2D eigenvalue weighted by atomic mass is 32.2. The Hall–Kier alpha value is -2.04. The number of hydrogen-bond acceptors (Lipinski definition) is 2. The highest BCUT2D eigenvalue weighted by molar-refractivity contribution is 8.06. The van der Waals surface area contributed by atoms with Crippen LogP contribution in [0.5, 0.6) is 0 Å². The van der Waals surface area contributed by atoms with Gasteiger partial charge in [0.15, 0.2) is 0 Å². The third kappa shape index (κ3) is 3.44. The van der Waals surface area contributed by atoms with Gasteiger partial charge in [-0.25, -0.2) is 8.51 Å². The first-order valence-electron chi connectivity index (χ1n) is 9.70. The van der Waals surface area contributed by atoms with Crippen LogP contribution < -0.4 is 4.90 Å². The fraction of sp³-hybridized carbons (Fsp3) is 0.348. The number of aryl methyl sites for hydroxylation is 2. The summed E-state index contributed by atoms with van der Waals surface area (Å²) in [4.78, 5) is 3.31. The molecule has 0 amide bonds. The number of piperazine rings is 1. The summed E-state index contributed by atoms with van der Waals surface area (Å²) in [7, 11) is -2.46. The van der Waals surface area contributed by atoms with E-state index in [9.17, 15) is 4.21 Å². The standard InChI is InChI=1S/C23H28N2OS/c1-18-10-12-20(13-11-18)24-14-16-25(17-15-24)27(3,26)23-9-5-7-21-19(2)6-4-8-22(21)23/h4,6,8-13H,3,5,7,14-17H2,1-2H3. The smallest absolute Gasteiger partial charge is 0.0562 e. The van der Waals surface area contributed by atoms with Crippen LogP contribution in [0, 0.1) is 13.8 Å². The molecule has 0 saturated carbocycles. The molecule has 3 nitrogen and oxygen atoms in total. The van der Waals surface area contributed by atoms with E-state index in [4.69, 9.17) is 0 Å². The number of nitrogens with zero attached hydrogens (tertiary/aromatic N) is 2. The third-order valence-corrected chi connectivity index (χ3v) is 8.07. The summed E-state index contributed by atoms with van der Waals surface area (Å²) in [5.41, 5.74) is 6.29. The van der Waals surface area contributed by atoms with Crippen LogP contribution in [0.15, 0.2) is 48.5 Å². The highest BCUT2D eigenvalue weighted by Gasteiger charge is 2.28. The molecule has 4 heteroatoms. The molecule has 1 aliphatic carbocycles. The average Bonchev–Trinajstić information content (AvgIpc) is 2.69. The van der Waals surface area contributed by atoms with Crippen molar-refractivity contribution in [2.45, 2.75) is 26.7 Å². The molecular formula is C23H28N2OS. The van der Waals surface area contributed by atoms with Gasteiger partial charge in [-0.2, -0.15) is 0 Å². The molecule has 0 spiro atoms. The number of rotatable bonds is 3. The second kappa shape index (κ2) is 7.17. The van der Waals surface area contributed by atoms with Gasteiger partial charge in [-0.3, -0.25) is 0 Å². The molecule has 1 atom stereocenters. The van der Waals surface area contributed by atoms with E-state index in [0.717, 1.165) is 49.5 Å². The molecule has 0 aromatic heterocycles. The van der Waals surface area contributed by atoms with Crippen molar-refractivity contribution in [1.82, 2.24) is 4.31 Å². The van der Waals surface area contributed by atoms with Crippen LogP contribution in [0.4, 0.5) is 5.69 Å². The van der Waals surface area contributed by atoms with Crippen molar-refractivity contribution in [2.24, 2.45) is 0 Å². The molecule has 1 heterocycles. The van der Waals surface area contributed by atoms with Gasteiger partial charge in [-0.15, -0.1) is 0 Å². The van der Waals surface area contributed by atoms with E-state index < -0.39 is 9.71 Å². The molecule has 0 bridgehead atoms. The Morgan fingerprint density at radius 2 is 1.67 bits per heavy atom. The van der Waals surface area contributed by atoms with Gasteiger partial charge in [0.05, 0.1) is 9.71 Å². The van der Waals surface area contributed by atoms with E-state index in [-0.39, 0.29) is 0 Å². The molecule has 142 valence electrons. The molecule has 1 aliphatic heterocycles. The maximum atomic E-state index is 13.8. The summed E-state index contributed by atoms with van der Waals surface area (Å²) in [6.45, 7) is 7.56. The van der Waals surface area contributed by atoms with Crippen LogP contribution >= 0.6 is 0 Å². The zero-order chi connectivity index (χ0) is 19.0. The van der Waals surface area contributed by atoms with Crippen molar-refractivity contribution in [1.29, 1.82) is 0 Å². The second-order valence-electron chi connectivity index (χ2n) is 7.60. The van der Waals surface area contributed by atoms with E-state index >= 15 is 0 Å². The van der Waals surface area contributed by atoms with E-state index in [2.05, 4.69) is 77.5 Å². The fourth-order valence-corrected chi connectivity index (χ4v) is 6.10. The van der Waals surface area contributed by atoms with Crippen molar-refractivity contribution in [3.63, 3.8) is 0 Å². The number of fused-ring (bicyclic) bond motifs is 1. The van der Waals surface area contributed by atoms with Crippen LogP contribution in [-0.4, -0.2) is 40.6 Å². The summed E-state index contributed by atoms with van der Waals surface area (Å²) < 4.78 is 15.9. The molecule has 1 fully saturated rings. The van der Waals surface area contributed by atoms with Crippen molar-refractivity contribution >= 4 is 26.2 Å². The van der Waals surface area contributed by atoms with Gasteiger partial charge in [0.25, 0.3) is 0 Å². The molecular weight excluding hydrogens is 352 g/mol. The van der Waals surface area contributed by atoms with E-state index in [1.165, 1.54) is 22.4 Å². The monoisotopic (exact) mass is 380 g/mol. The molecule has 0 radical (unpaired) electrons. The Kier molecular flexibility index (Phi) is 4.87. The lowest BCUT2D eigenvalue weighted by atomic mass is 9.93. The van der Waals surface area contributed by atoms with Gasteiger partial charge in [-0.05, 0) is 61.4 Å². The number of allylic oxidation sites excluding steroid dienone is 1. The Morgan fingerprint density at radius 3 is 2.37 bits per heavy atom. The lowest BCUT2D eigenvalue weighted by molar-refractivity contribution is 0.412. The number of hydrogen-bond donors (Lipinski definition) is 0. The fourth-order valence-electron chi connectivity index (χ4n) is 4.16. The van der Waals surface area contributed by atoms with E-state index in [0.29, 0.717) is 0 Å². The molecule has 2 aromatic rings. The van der Waals surface area contributed by atoms with Crippen LogP contribution in [0.3, 0.4) is 0 Å². The molecule has 1 saturated heterocycles. The zero-order valence-corrected chi connectivity index (χ0v) is 17.1. The topological polar surface area (TPSA) is 23.6 Å². The summed E-state index contributed by atoms with van der Waals surface area (Å²) >= 11 is 0. The Labute approximate surface area is 163 Å². The van der Waals surface area contributed by atoms with Crippen LogP contribution in [0.1, 0.15) is 28.7 Å². The predicted octanol–water partition coefficient (Wildman–Crippen LogP) is 4.04. The maximum Gasteiger partial charge on any atom is 0.0562 e. The van der Waals surface area contributed by atoms with Gasteiger partial charge in [-0.1, -0.05) is 42.0 Å². The first kappa shape index (κ1) is 18.3. The van der Waals surface area contributed by atoms with Crippen LogP contribution in [0.25, 0.3) is 4.91 Å². The lowest BCUT2D eigenvalue weighted by Crippen LogP contribution is -2.48. The number of benzene rings is 2. The zero-order valence-electron chi connectivity index (χ0n) is 16.3. The van der Waals surface area contributed by atoms with Gasteiger partial charge in [0.2, 0.25) is 0 Å². The van der Waals surface area contributed by atoms with Crippen molar-refractivity contribution in [2.75, 3.05) is 31.1 Å². The number of anilines is 1. The minimum atomic E-state index is -2.46. The van der Waals surface area contributed by atoms with E-state index in [1.54, 1.807) is 0 Å². The van der Waals surface area contributed by atoms with Crippen molar-refractivity contribution in [3.05, 3.63) is 70.8 Å². The van der Waals surface area contributed by atoms with Gasteiger partial charge in [0, 0.05) is 36.8 Å². The normalized spacial score (nSPS) is 19.9. The molecule has 4 rings (SSSR count). The van der Waals surface area contributed by atoms with Crippen LogP contribution in [-0.2, 0) is 16.1 Å². The molecule has 2 aromatic carbocycles. The molecule has 2 aliphatic rings. The average molecular weight is 381 g/mol. The van der Waals surface area contributed by atoms with Gasteiger partial charge < -0.3 is 4.90 Å². The SMILES string of the molecule is C=S(=O)(C1=CCCc2c(C)cccc21)N1CCN(c2ccc(C)cc2)CC1.